The molecule has 0 spiro atoms. The largest absolute Gasteiger partial charge is 0.444 e. The van der Waals surface area contributed by atoms with Gasteiger partial charge in [0.05, 0.1) is 22.3 Å². The minimum Gasteiger partial charge on any atom is -0.444 e. The molecule has 7 nitrogen and oxygen atoms in total. The van der Waals surface area contributed by atoms with E-state index in [1.807, 2.05) is 31.2 Å². The summed E-state index contributed by atoms with van der Waals surface area (Å²) in [4.78, 5) is 28.9. The summed E-state index contributed by atoms with van der Waals surface area (Å²) in [6.07, 6.45) is 0.132. The Hall–Kier alpha value is -2.58. The smallest absolute Gasteiger partial charge is 0.414 e. The number of carbonyl (C=O) groups excluding carboxylic acids is 2. The Labute approximate surface area is 177 Å². The van der Waals surface area contributed by atoms with Crippen LogP contribution in [-0.4, -0.2) is 43.5 Å². The van der Waals surface area contributed by atoms with Crippen LogP contribution in [0, 0.1) is 0 Å². The standard InChI is InChI=1S/C20H21ClN4O3S/c1-13-23-22-10-11-24(13)14-2-4-15(5-3-14)25-12-16(28-20(25)27)6-7-17(26)18-8-9-19(21)29-18/h2-5,8-9,16,22H,6-7,10-12H2,1H3/t16-/m0/s1. The number of nitrogens with zero attached hydrogens (tertiary/aromatic N) is 3. The molecule has 2 aromatic rings. The van der Waals surface area contributed by atoms with Gasteiger partial charge in [0.15, 0.2) is 5.78 Å². The third-order valence-electron chi connectivity index (χ3n) is 4.97. The van der Waals surface area contributed by atoms with E-state index < -0.39 is 0 Å². The average Bonchev–Trinajstić information content (AvgIpc) is 3.32. The Morgan fingerprint density at radius 3 is 2.62 bits per heavy atom. The SMILES string of the molecule is CC1=NNCCN1c1ccc(N2C[C@H](CCC(=O)c3ccc(Cl)s3)OC2=O)cc1. The van der Waals surface area contributed by atoms with Crippen molar-refractivity contribution in [2.75, 3.05) is 29.4 Å². The second-order valence-corrected chi connectivity index (χ2v) is 8.63. The second kappa shape index (κ2) is 8.42. The zero-order valence-corrected chi connectivity index (χ0v) is 17.5. The molecule has 152 valence electrons. The van der Waals surface area contributed by atoms with E-state index in [2.05, 4.69) is 15.4 Å². The van der Waals surface area contributed by atoms with E-state index in [1.165, 1.54) is 11.3 Å². The highest BCUT2D eigenvalue weighted by Gasteiger charge is 2.32. The van der Waals surface area contributed by atoms with Crippen LogP contribution in [0.25, 0.3) is 0 Å². The fraction of sp³-hybridized carbons (Fsp3) is 0.350. The lowest BCUT2D eigenvalue weighted by atomic mass is 10.1. The van der Waals surface area contributed by atoms with Crippen molar-refractivity contribution in [2.24, 2.45) is 5.10 Å². The molecule has 1 saturated heterocycles. The number of hydrogen-bond donors (Lipinski definition) is 1. The van der Waals surface area contributed by atoms with Crippen LogP contribution in [0.2, 0.25) is 4.34 Å². The summed E-state index contributed by atoms with van der Waals surface area (Å²) in [7, 11) is 0. The van der Waals surface area contributed by atoms with Crippen molar-refractivity contribution < 1.29 is 14.3 Å². The van der Waals surface area contributed by atoms with Gasteiger partial charge in [-0.05, 0) is 49.7 Å². The zero-order valence-electron chi connectivity index (χ0n) is 15.9. The van der Waals surface area contributed by atoms with Crippen molar-refractivity contribution in [3.8, 4) is 0 Å². The highest BCUT2D eigenvalue weighted by molar-refractivity contribution is 7.18. The van der Waals surface area contributed by atoms with E-state index in [4.69, 9.17) is 16.3 Å². The van der Waals surface area contributed by atoms with E-state index in [1.54, 1.807) is 17.0 Å². The zero-order chi connectivity index (χ0) is 20.4. The maximum absolute atomic E-state index is 12.3. The molecule has 29 heavy (non-hydrogen) atoms. The molecule has 1 aromatic heterocycles. The highest BCUT2D eigenvalue weighted by Crippen LogP contribution is 2.28. The van der Waals surface area contributed by atoms with Gasteiger partial charge in [0.1, 0.15) is 11.9 Å². The van der Waals surface area contributed by atoms with Crippen LogP contribution in [-0.2, 0) is 4.74 Å². The number of ketones is 1. The highest BCUT2D eigenvalue weighted by atomic mass is 35.5. The normalized spacial score (nSPS) is 19.0. The van der Waals surface area contributed by atoms with Gasteiger partial charge in [0.2, 0.25) is 0 Å². The van der Waals surface area contributed by atoms with Gasteiger partial charge in [-0.2, -0.15) is 5.10 Å². The first kappa shape index (κ1) is 19.7. The van der Waals surface area contributed by atoms with Gasteiger partial charge in [-0.25, -0.2) is 4.79 Å². The summed E-state index contributed by atoms with van der Waals surface area (Å²) < 4.78 is 6.05. The molecular weight excluding hydrogens is 412 g/mol. The number of cyclic esters (lactones) is 1. The first-order valence-electron chi connectivity index (χ1n) is 9.43. The number of amidine groups is 1. The molecule has 1 atom stereocenters. The number of hydrazone groups is 1. The van der Waals surface area contributed by atoms with Crippen molar-refractivity contribution in [1.29, 1.82) is 0 Å². The van der Waals surface area contributed by atoms with Crippen LogP contribution in [0.4, 0.5) is 16.2 Å². The molecule has 1 N–H and O–H groups in total. The predicted octanol–water partition coefficient (Wildman–Crippen LogP) is 4.13. The van der Waals surface area contributed by atoms with Gasteiger partial charge in [0.25, 0.3) is 0 Å². The van der Waals surface area contributed by atoms with E-state index in [9.17, 15) is 9.59 Å². The molecule has 0 aliphatic carbocycles. The lowest BCUT2D eigenvalue weighted by Crippen LogP contribution is -2.40. The lowest BCUT2D eigenvalue weighted by molar-refractivity contribution is 0.0943. The van der Waals surface area contributed by atoms with Gasteiger partial charge in [0, 0.05) is 24.3 Å². The number of thiophene rings is 1. The Morgan fingerprint density at radius 1 is 1.24 bits per heavy atom. The van der Waals surface area contributed by atoms with Gasteiger partial charge in [-0.3, -0.25) is 9.69 Å². The topological polar surface area (TPSA) is 74.2 Å². The Morgan fingerprint density at radius 2 is 1.97 bits per heavy atom. The summed E-state index contributed by atoms with van der Waals surface area (Å²) in [6, 6.07) is 11.2. The molecule has 9 heteroatoms. The molecular formula is C20H21ClN4O3S. The number of ether oxygens (including phenoxy) is 1. The number of halogens is 1. The van der Waals surface area contributed by atoms with E-state index >= 15 is 0 Å². The number of Topliss-reactive ketones (excluding diaryl/α,β-unsaturated/α-hetero) is 1. The number of anilines is 2. The number of benzene rings is 1. The summed E-state index contributed by atoms with van der Waals surface area (Å²) in [5.41, 5.74) is 4.79. The predicted molar refractivity (Wildman–Crippen MR) is 115 cm³/mol. The van der Waals surface area contributed by atoms with Crippen LogP contribution in [0.3, 0.4) is 0 Å². The Kier molecular flexibility index (Phi) is 5.73. The lowest BCUT2D eigenvalue weighted by Gasteiger charge is -2.28. The number of rotatable bonds is 6. The van der Waals surface area contributed by atoms with Gasteiger partial charge < -0.3 is 15.1 Å². The van der Waals surface area contributed by atoms with Crippen molar-refractivity contribution in [1.82, 2.24) is 5.43 Å². The molecule has 0 radical (unpaired) electrons. The second-order valence-electron chi connectivity index (χ2n) is 6.92. The molecule has 4 rings (SSSR count). The van der Waals surface area contributed by atoms with E-state index in [0.29, 0.717) is 28.6 Å². The first-order valence-corrected chi connectivity index (χ1v) is 10.6. The molecule has 0 unspecified atom stereocenters. The maximum Gasteiger partial charge on any atom is 0.414 e. The quantitative estimate of drug-likeness (QED) is 0.694. The summed E-state index contributed by atoms with van der Waals surface area (Å²) in [5.74, 6) is 0.926. The Balaban J connectivity index is 1.36. The molecule has 1 amide bonds. The minimum absolute atomic E-state index is 0.0220. The molecule has 1 fully saturated rings. The van der Waals surface area contributed by atoms with Crippen molar-refractivity contribution in [2.45, 2.75) is 25.9 Å². The Bertz CT molecular complexity index is 943. The van der Waals surface area contributed by atoms with Crippen LogP contribution in [0.5, 0.6) is 0 Å². The minimum atomic E-state index is -0.380. The van der Waals surface area contributed by atoms with Crippen molar-refractivity contribution in [3.63, 3.8) is 0 Å². The number of hydrogen-bond acceptors (Lipinski definition) is 7. The fourth-order valence-corrected chi connectivity index (χ4v) is 4.46. The van der Waals surface area contributed by atoms with Crippen LogP contribution in [0.15, 0.2) is 41.5 Å². The van der Waals surface area contributed by atoms with Crippen molar-refractivity contribution >= 4 is 52.0 Å². The summed E-state index contributed by atoms with van der Waals surface area (Å²) in [5, 5.41) is 4.24. The summed E-state index contributed by atoms with van der Waals surface area (Å²) in [6.45, 7) is 4.01. The molecule has 2 aliphatic rings. The number of amides is 1. The fourth-order valence-electron chi connectivity index (χ4n) is 3.44. The van der Waals surface area contributed by atoms with E-state index in [-0.39, 0.29) is 18.0 Å². The van der Waals surface area contributed by atoms with Crippen LogP contribution >= 0.6 is 22.9 Å². The van der Waals surface area contributed by atoms with E-state index in [0.717, 1.165) is 30.3 Å². The average molecular weight is 433 g/mol. The summed E-state index contributed by atoms with van der Waals surface area (Å²) >= 11 is 7.15. The first-order chi connectivity index (χ1) is 14.0. The van der Waals surface area contributed by atoms with Gasteiger partial charge >= 0.3 is 6.09 Å². The number of carbonyl (C=O) groups is 2. The van der Waals surface area contributed by atoms with Gasteiger partial charge in [-0.1, -0.05) is 11.6 Å². The molecule has 2 aliphatic heterocycles. The maximum atomic E-state index is 12.3. The monoisotopic (exact) mass is 432 g/mol. The molecule has 1 aromatic carbocycles. The van der Waals surface area contributed by atoms with Crippen LogP contribution in [0.1, 0.15) is 29.4 Å². The molecule has 0 saturated carbocycles. The van der Waals surface area contributed by atoms with Crippen LogP contribution < -0.4 is 15.2 Å². The van der Waals surface area contributed by atoms with Gasteiger partial charge in [-0.15, -0.1) is 11.3 Å². The number of nitrogens with one attached hydrogen (secondary N) is 1. The molecule has 0 bridgehead atoms. The third-order valence-corrected chi connectivity index (χ3v) is 6.24. The molecule has 3 heterocycles. The van der Waals surface area contributed by atoms with Crippen molar-refractivity contribution in [3.05, 3.63) is 45.6 Å². The third kappa shape index (κ3) is 4.38.